The predicted molar refractivity (Wildman–Crippen MR) is 86.5 cm³/mol. The second kappa shape index (κ2) is 5.92. The topological polar surface area (TPSA) is 56.1 Å². The highest BCUT2D eigenvalue weighted by Gasteiger charge is 2.31. The molecule has 0 amide bonds. The molecule has 4 rings (SSSR count). The average molecular weight is 313 g/mol. The van der Waals surface area contributed by atoms with E-state index in [1.54, 1.807) is 7.11 Å². The molecule has 0 bridgehead atoms. The third-order valence-corrected chi connectivity index (χ3v) is 5.08. The number of aromatic nitrogens is 4. The number of hydrogen-bond acceptors (Lipinski definition) is 5. The van der Waals surface area contributed by atoms with Gasteiger partial charge in [-0.1, -0.05) is 6.07 Å². The van der Waals surface area contributed by atoms with E-state index in [2.05, 4.69) is 45.5 Å². The van der Waals surface area contributed by atoms with Gasteiger partial charge in [0.25, 0.3) is 0 Å². The number of tetrazole rings is 1. The van der Waals surface area contributed by atoms with Crippen LogP contribution in [0.5, 0.6) is 5.75 Å². The molecule has 2 heterocycles. The van der Waals surface area contributed by atoms with Crippen LogP contribution < -0.4 is 4.74 Å². The molecular weight excluding hydrogens is 290 g/mol. The maximum atomic E-state index is 5.36. The van der Waals surface area contributed by atoms with Crippen LogP contribution >= 0.6 is 0 Å². The van der Waals surface area contributed by atoms with Crippen LogP contribution in [0.15, 0.2) is 18.2 Å². The molecule has 0 N–H and O–H groups in total. The van der Waals surface area contributed by atoms with Crippen molar-refractivity contribution in [3.05, 3.63) is 35.2 Å². The molecule has 1 aromatic heterocycles. The van der Waals surface area contributed by atoms with E-state index >= 15 is 0 Å². The molecule has 23 heavy (non-hydrogen) atoms. The number of fused-ring (bicyclic) bond motifs is 1. The average Bonchev–Trinajstić information content (AvgIpc) is 3.35. The standard InChI is InChI=1S/C17H23N5O/c1-12(17-18-19-20-22(17)15-4-5-15)21-9-7-13-3-6-16(23-2)11-14(13)8-10-21/h3,6,11-12,15H,4-5,7-10H2,1-2H3. The van der Waals surface area contributed by atoms with Crippen molar-refractivity contribution in [2.75, 3.05) is 20.2 Å². The van der Waals surface area contributed by atoms with Gasteiger partial charge in [0, 0.05) is 13.1 Å². The van der Waals surface area contributed by atoms with E-state index in [0.29, 0.717) is 6.04 Å². The van der Waals surface area contributed by atoms with Gasteiger partial charge in [-0.25, -0.2) is 4.68 Å². The van der Waals surface area contributed by atoms with Crippen molar-refractivity contribution in [1.29, 1.82) is 0 Å². The molecule has 2 aromatic rings. The van der Waals surface area contributed by atoms with Crippen molar-refractivity contribution < 1.29 is 4.74 Å². The first-order valence-electron chi connectivity index (χ1n) is 8.44. The van der Waals surface area contributed by atoms with Crippen LogP contribution in [-0.4, -0.2) is 45.3 Å². The monoisotopic (exact) mass is 313 g/mol. The molecular formula is C17H23N5O. The Labute approximate surface area is 136 Å². The zero-order chi connectivity index (χ0) is 15.8. The van der Waals surface area contributed by atoms with Gasteiger partial charge in [0.15, 0.2) is 5.82 Å². The fourth-order valence-electron chi connectivity index (χ4n) is 3.45. The molecule has 0 spiro atoms. The fourth-order valence-corrected chi connectivity index (χ4v) is 3.45. The largest absolute Gasteiger partial charge is 0.497 e. The second-order valence-corrected chi connectivity index (χ2v) is 6.56. The summed E-state index contributed by atoms with van der Waals surface area (Å²) in [5, 5.41) is 12.4. The first-order chi connectivity index (χ1) is 11.3. The van der Waals surface area contributed by atoms with E-state index in [9.17, 15) is 0 Å². The van der Waals surface area contributed by atoms with Crippen molar-refractivity contribution in [2.24, 2.45) is 0 Å². The number of benzene rings is 1. The minimum atomic E-state index is 0.252. The van der Waals surface area contributed by atoms with Gasteiger partial charge in [0.2, 0.25) is 0 Å². The summed E-state index contributed by atoms with van der Waals surface area (Å²) >= 11 is 0. The lowest BCUT2D eigenvalue weighted by Gasteiger charge is -2.26. The zero-order valence-electron chi connectivity index (χ0n) is 13.8. The lowest BCUT2D eigenvalue weighted by molar-refractivity contribution is 0.207. The Kier molecular flexibility index (Phi) is 3.77. The van der Waals surface area contributed by atoms with E-state index in [4.69, 9.17) is 4.74 Å². The summed E-state index contributed by atoms with van der Waals surface area (Å²) in [5.74, 6) is 1.96. The first kappa shape index (κ1) is 14.6. The summed E-state index contributed by atoms with van der Waals surface area (Å²) < 4.78 is 7.39. The van der Waals surface area contributed by atoms with Crippen LogP contribution in [0.3, 0.4) is 0 Å². The van der Waals surface area contributed by atoms with Crippen LogP contribution in [-0.2, 0) is 12.8 Å². The Hall–Kier alpha value is -1.95. The van der Waals surface area contributed by atoms with E-state index in [1.807, 2.05) is 4.68 Å². The highest BCUT2D eigenvalue weighted by molar-refractivity contribution is 5.36. The van der Waals surface area contributed by atoms with Crippen LogP contribution in [0.1, 0.15) is 48.8 Å². The normalized spacial score (nSPS) is 19.9. The minimum absolute atomic E-state index is 0.252. The van der Waals surface area contributed by atoms with Crippen molar-refractivity contribution in [3.63, 3.8) is 0 Å². The lowest BCUT2D eigenvalue weighted by atomic mass is 10.0. The van der Waals surface area contributed by atoms with Gasteiger partial charge >= 0.3 is 0 Å². The fraction of sp³-hybridized carbons (Fsp3) is 0.588. The smallest absolute Gasteiger partial charge is 0.168 e. The molecule has 1 atom stereocenters. The Bertz CT molecular complexity index is 694. The quantitative estimate of drug-likeness (QED) is 0.866. The summed E-state index contributed by atoms with van der Waals surface area (Å²) in [4.78, 5) is 2.50. The molecule has 6 nitrogen and oxygen atoms in total. The number of methoxy groups -OCH3 is 1. The van der Waals surface area contributed by atoms with Gasteiger partial charge in [0.1, 0.15) is 5.75 Å². The summed E-state index contributed by atoms with van der Waals surface area (Å²) in [7, 11) is 1.73. The molecule has 2 aliphatic rings. The molecule has 122 valence electrons. The minimum Gasteiger partial charge on any atom is -0.497 e. The molecule has 1 aliphatic heterocycles. The Morgan fingerprint density at radius 1 is 1.17 bits per heavy atom. The third-order valence-electron chi connectivity index (χ3n) is 5.08. The summed E-state index contributed by atoms with van der Waals surface area (Å²) in [6, 6.07) is 7.22. The maximum Gasteiger partial charge on any atom is 0.168 e. The van der Waals surface area contributed by atoms with Crippen molar-refractivity contribution in [2.45, 2.75) is 44.7 Å². The SMILES string of the molecule is COc1ccc2c(c1)CCN(C(C)c1nnnn1C1CC1)CC2. The van der Waals surface area contributed by atoms with Crippen LogP contribution in [0.4, 0.5) is 0 Å². The number of rotatable bonds is 4. The predicted octanol–water partition coefficient (Wildman–Crippen LogP) is 2.18. The Morgan fingerprint density at radius 2 is 1.96 bits per heavy atom. The van der Waals surface area contributed by atoms with Gasteiger partial charge in [-0.15, -0.1) is 5.10 Å². The Morgan fingerprint density at radius 3 is 2.70 bits per heavy atom. The zero-order valence-corrected chi connectivity index (χ0v) is 13.8. The van der Waals surface area contributed by atoms with Gasteiger partial charge < -0.3 is 4.74 Å². The Balaban J connectivity index is 1.51. The van der Waals surface area contributed by atoms with Crippen LogP contribution in [0, 0.1) is 0 Å². The molecule has 1 unspecified atom stereocenters. The molecule has 1 aliphatic carbocycles. The van der Waals surface area contributed by atoms with Crippen LogP contribution in [0.25, 0.3) is 0 Å². The number of ether oxygens (including phenoxy) is 1. The third kappa shape index (κ3) is 2.83. The molecule has 1 saturated carbocycles. The number of hydrogen-bond donors (Lipinski definition) is 0. The molecule has 6 heteroatoms. The summed E-state index contributed by atoms with van der Waals surface area (Å²) in [6.07, 6.45) is 4.52. The van der Waals surface area contributed by atoms with E-state index in [-0.39, 0.29) is 6.04 Å². The molecule has 0 saturated heterocycles. The van der Waals surface area contributed by atoms with Gasteiger partial charge in [-0.05, 0) is 66.3 Å². The second-order valence-electron chi connectivity index (χ2n) is 6.56. The van der Waals surface area contributed by atoms with Gasteiger partial charge in [0.05, 0.1) is 19.2 Å². The van der Waals surface area contributed by atoms with Crippen molar-refractivity contribution in [1.82, 2.24) is 25.1 Å². The van der Waals surface area contributed by atoms with E-state index in [0.717, 1.165) is 37.5 Å². The summed E-state index contributed by atoms with van der Waals surface area (Å²) in [5.41, 5.74) is 2.84. The van der Waals surface area contributed by atoms with E-state index < -0.39 is 0 Å². The van der Waals surface area contributed by atoms with Gasteiger partial charge in [-0.3, -0.25) is 4.90 Å². The maximum absolute atomic E-state index is 5.36. The van der Waals surface area contributed by atoms with Crippen molar-refractivity contribution in [3.8, 4) is 5.75 Å². The molecule has 1 aromatic carbocycles. The van der Waals surface area contributed by atoms with E-state index in [1.165, 1.54) is 24.0 Å². The van der Waals surface area contributed by atoms with Crippen LogP contribution in [0.2, 0.25) is 0 Å². The highest BCUT2D eigenvalue weighted by Crippen LogP contribution is 2.36. The highest BCUT2D eigenvalue weighted by atomic mass is 16.5. The van der Waals surface area contributed by atoms with Gasteiger partial charge in [-0.2, -0.15) is 0 Å². The molecule has 0 radical (unpaired) electrons. The number of nitrogens with zero attached hydrogens (tertiary/aromatic N) is 5. The lowest BCUT2D eigenvalue weighted by Crippen LogP contribution is -2.31. The van der Waals surface area contributed by atoms with Crippen molar-refractivity contribution >= 4 is 0 Å². The first-order valence-corrected chi connectivity index (χ1v) is 8.44. The molecule has 1 fully saturated rings. The summed E-state index contributed by atoms with van der Waals surface area (Å²) in [6.45, 7) is 4.29.